The maximum Gasteiger partial charge on any atom is 0.251 e. The molecule has 23 heavy (non-hydrogen) atoms. The Kier molecular flexibility index (Phi) is 7.76. The van der Waals surface area contributed by atoms with Crippen molar-refractivity contribution in [3.8, 4) is 0 Å². The summed E-state index contributed by atoms with van der Waals surface area (Å²) in [4.78, 5) is 16.8. The van der Waals surface area contributed by atoms with Gasteiger partial charge in [-0.25, -0.2) is 0 Å². The molecule has 2 fully saturated rings. The Hall–Kier alpha value is -0.690. The van der Waals surface area contributed by atoms with Gasteiger partial charge in [0.05, 0.1) is 18.8 Å². The van der Waals surface area contributed by atoms with E-state index in [4.69, 9.17) is 15.2 Å². The topological polar surface area (TPSA) is 68.0 Å². The Balaban J connectivity index is 1.64. The highest BCUT2D eigenvalue weighted by Gasteiger charge is 2.34. The average molecular weight is 327 g/mol. The predicted octanol–water partition coefficient (Wildman–Crippen LogP) is 0.842. The third-order valence-electron chi connectivity index (χ3n) is 5.06. The van der Waals surface area contributed by atoms with Crippen molar-refractivity contribution >= 4 is 5.91 Å². The van der Waals surface area contributed by atoms with Crippen molar-refractivity contribution < 1.29 is 14.3 Å². The Morgan fingerprint density at radius 1 is 1.22 bits per heavy atom. The highest BCUT2D eigenvalue weighted by Crippen LogP contribution is 2.23. The van der Waals surface area contributed by atoms with Gasteiger partial charge >= 0.3 is 0 Å². The monoisotopic (exact) mass is 327 g/mol. The maximum atomic E-state index is 12.5. The van der Waals surface area contributed by atoms with E-state index < -0.39 is 0 Å². The molecule has 2 aliphatic heterocycles. The average Bonchev–Trinajstić information content (AvgIpc) is 3.08. The summed E-state index contributed by atoms with van der Waals surface area (Å²) in [6, 6.07) is 0. The zero-order valence-corrected chi connectivity index (χ0v) is 14.7. The minimum Gasteiger partial charge on any atom is -0.377 e. The number of hydrogen-bond acceptors (Lipinski definition) is 5. The molecule has 2 rings (SSSR count). The van der Waals surface area contributed by atoms with Gasteiger partial charge in [-0.1, -0.05) is 13.8 Å². The molecule has 2 aliphatic rings. The fourth-order valence-electron chi connectivity index (χ4n) is 3.40. The smallest absolute Gasteiger partial charge is 0.251 e. The molecule has 2 N–H and O–H groups in total. The van der Waals surface area contributed by atoms with Crippen molar-refractivity contribution in [2.24, 2.45) is 5.73 Å². The predicted molar refractivity (Wildman–Crippen MR) is 90.3 cm³/mol. The Bertz CT molecular complexity index is 355. The highest BCUT2D eigenvalue weighted by molar-refractivity contribution is 5.81. The van der Waals surface area contributed by atoms with Crippen LogP contribution in [0.3, 0.4) is 0 Å². The molecule has 0 saturated carbocycles. The van der Waals surface area contributed by atoms with E-state index in [9.17, 15) is 4.79 Å². The quantitative estimate of drug-likeness (QED) is 0.715. The van der Waals surface area contributed by atoms with E-state index in [2.05, 4.69) is 18.7 Å². The minimum absolute atomic E-state index is 0.0601. The Morgan fingerprint density at radius 3 is 2.48 bits per heavy atom. The zero-order chi connectivity index (χ0) is 16.7. The molecule has 0 unspecified atom stereocenters. The van der Waals surface area contributed by atoms with Gasteiger partial charge in [-0.3, -0.25) is 4.79 Å². The van der Waals surface area contributed by atoms with Gasteiger partial charge in [-0.05, 0) is 38.8 Å². The van der Waals surface area contributed by atoms with Crippen molar-refractivity contribution in [1.29, 1.82) is 0 Å². The molecule has 6 nitrogen and oxygen atoms in total. The lowest BCUT2D eigenvalue weighted by atomic mass is 10.1. The van der Waals surface area contributed by atoms with Gasteiger partial charge < -0.3 is 25.0 Å². The first-order valence-electron chi connectivity index (χ1n) is 9.16. The van der Waals surface area contributed by atoms with Gasteiger partial charge in [-0.15, -0.1) is 0 Å². The highest BCUT2D eigenvalue weighted by atomic mass is 16.5. The molecule has 6 heteroatoms. The maximum absolute atomic E-state index is 12.5. The minimum atomic E-state index is -0.274. The van der Waals surface area contributed by atoms with Crippen molar-refractivity contribution in [1.82, 2.24) is 9.80 Å². The number of piperidine rings is 1. The van der Waals surface area contributed by atoms with E-state index in [-0.39, 0.29) is 24.2 Å². The van der Waals surface area contributed by atoms with Gasteiger partial charge in [0.25, 0.3) is 5.91 Å². The van der Waals surface area contributed by atoms with Gasteiger partial charge in [0.15, 0.2) is 0 Å². The number of likely N-dealkylation sites (N-methyl/N-ethyl adjacent to an activating group) is 1. The van der Waals surface area contributed by atoms with E-state index in [1.54, 1.807) is 0 Å². The number of amides is 1. The van der Waals surface area contributed by atoms with Crippen LogP contribution in [0.4, 0.5) is 0 Å². The molecular weight excluding hydrogens is 294 g/mol. The molecule has 2 heterocycles. The molecule has 0 aromatic rings. The largest absolute Gasteiger partial charge is 0.377 e. The molecule has 0 aliphatic carbocycles. The lowest BCUT2D eigenvalue weighted by Gasteiger charge is -2.33. The van der Waals surface area contributed by atoms with E-state index in [1.807, 2.05) is 4.90 Å². The first-order valence-corrected chi connectivity index (χ1v) is 9.16. The summed E-state index contributed by atoms with van der Waals surface area (Å²) < 4.78 is 11.7. The van der Waals surface area contributed by atoms with Gasteiger partial charge in [0.2, 0.25) is 0 Å². The van der Waals surface area contributed by atoms with Crippen LogP contribution in [-0.2, 0) is 14.3 Å². The second-order valence-corrected chi connectivity index (χ2v) is 6.48. The summed E-state index contributed by atoms with van der Waals surface area (Å²) in [6.07, 6.45) is 3.64. The molecule has 0 aromatic heterocycles. The molecule has 0 spiro atoms. The van der Waals surface area contributed by atoms with E-state index in [0.717, 1.165) is 65.0 Å². The number of carbonyl (C=O) groups excluding carboxylic acids is 1. The van der Waals surface area contributed by atoms with Crippen molar-refractivity contribution in [2.75, 3.05) is 45.9 Å². The molecule has 2 saturated heterocycles. The second kappa shape index (κ2) is 9.57. The van der Waals surface area contributed by atoms with Crippen LogP contribution in [0.5, 0.6) is 0 Å². The number of nitrogens with two attached hydrogens (primary N) is 1. The first-order chi connectivity index (χ1) is 11.2. The first kappa shape index (κ1) is 18.6. The fraction of sp³-hybridized carbons (Fsp3) is 0.941. The van der Waals surface area contributed by atoms with Crippen LogP contribution >= 0.6 is 0 Å². The van der Waals surface area contributed by atoms with Crippen LogP contribution in [0.25, 0.3) is 0 Å². The second-order valence-electron chi connectivity index (χ2n) is 6.48. The van der Waals surface area contributed by atoms with Crippen molar-refractivity contribution in [2.45, 2.75) is 57.8 Å². The lowest BCUT2D eigenvalue weighted by molar-refractivity contribution is -0.145. The Morgan fingerprint density at radius 2 is 1.91 bits per heavy atom. The van der Waals surface area contributed by atoms with E-state index >= 15 is 0 Å². The number of carbonyl (C=O) groups is 1. The van der Waals surface area contributed by atoms with E-state index in [1.165, 1.54) is 0 Å². The van der Waals surface area contributed by atoms with Crippen LogP contribution in [0, 0.1) is 0 Å². The van der Waals surface area contributed by atoms with Gasteiger partial charge in [0.1, 0.15) is 6.10 Å². The third kappa shape index (κ3) is 5.41. The van der Waals surface area contributed by atoms with Crippen LogP contribution in [-0.4, -0.2) is 79.9 Å². The van der Waals surface area contributed by atoms with E-state index in [0.29, 0.717) is 6.54 Å². The summed E-state index contributed by atoms with van der Waals surface area (Å²) >= 11 is 0. The zero-order valence-electron chi connectivity index (χ0n) is 14.7. The number of ether oxygens (including phenoxy) is 2. The van der Waals surface area contributed by atoms with Crippen LogP contribution in [0.1, 0.15) is 39.5 Å². The summed E-state index contributed by atoms with van der Waals surface area (Å²) in [5, 5.41) is 0. The van der Waals surface area contributed by atoms with Crippen LogP contribution in [0.2, 0.25) is 0 Å². The van der Waals surface area contributed by atoms with Gasteiger partial charge in [-0.2, -0.15) is 0 Å². The standard InChI is InChI=1S/C17H33N3O3/c1-3-19(4-2)11-12-22-14-7-9-20(10-8-14)17(21)16-6-5-15(13-18)23-16/h14-16H,3-13,18H2,1-2H3/t15-,16+/m1/s1. The number of likely N-dealkylation sites (tertiary alicyclic amines) is 1. The number of nitrogens with zero attached hydrogens (tertiary/aromatic N) is 2. The number of hydrogen-bond donors (Lipinski definition) is 1. The SMILES string of the molecule is CCN(CC)CCOC1CCN(C(=O)[C@@H]2CC[C@H](CN)O2)CC1. The van der Waals surface area contributed by atoms with Gasteiger partial charge in [0, 0.05) is 26.2 Å². The lowest BCUT2D eigenvalue weighted by Crippen LogP contribution is -2.46. The molecular formula is C17H33N3O3. The molecule has 2 atom stereocenters. The summed E-state index contributed by atoms with van der Waals surface area (Å²) in [5.74, 6) is 0.141. The third-order valence-corrected chi connectivity index (χ3v) is 5.06. The Labute approximate surface area is 140 Å². The normalized spacial score (nSPS) is 26.2. The van der Waals surface area contributed by atoms with Crippen molar-refractivity contribution in [3.05, 3.63) is 0 Å². The van der Waals surface area contributed by atoms with Crippen LogP contribution in [0.15, 0.2) is 0 Å². The van der Waals surface area contributed by atoms with Crippen molar-refractivity contribution in [3.63, 3.8) is 0 Å². The molecule has 134 valence electrons. The molecule has 0 aromatic carbocycles. The molecule has 0 radical (unpaired) electrons. The van der Waals surface area contributed by atoms with Crippen LogP contribution < -0.4 is 5.73 Å². The number of rotatable bonds is 8. The molecule has 0 bridgehead atoms. The fourth-order valence-corrected chi connectivity index (χ4v) is 3.40. The molecule has 1 amide bonds. The summed E-state index contributed by atoms with van der Waals surface area (Å²) in [7, 11) is 0. The summed E-state index contributed by atoms with van der Waals surface area (Å²) in [5.41, 5.74) is 5.61. The summed E-state index contributed by atoms with van der Waals surface area (Å²) in [6.45, 7) is 10.3.